The molecule has 1 aliphatic heterocycles. The minimum Gasteiger partial charge on any atom is -0.508 e. The van der Waals surface area contributed by atoms with E-state index in [1.165, 1.54) is 12.1 Å². The van der Waals surface area contributed by atoms with Crippen LogP contribution in [0.2, 0.25) is 0 Å². The maximum absolute atomic E-state index is 12.7. The summed E-state index contributed by atoms with van der Waals surface area (Å²) < 4.78 is 11.8. The first-order valence-electron chi connectivity index (χ1n) is 10.3. The number of fused-ring (bicyclic) bond motifs is 2. The first-order chi connectivity index (χ1) is 15.0. The molecule has 0 amide bonds. The number of allylic oxidation sites excluding steroid dienone is 2. The van der Waals surface area contributed by atoms with Gasteiger partial charge in [-0.05, 0) is 51.8 Å². The molecule has 2 heterocycles. The van der Waals surface area contributed by atoms with Gasteiger partial charge < -0.3 is 29.6 Å². The number of hydrogen-bond acceptors (Lipinski definition) is 7. The van der Waals surface area contributed by atoms with Crippen LogP contribution in [0, 0.1) is 0 Å². The van der Waals surface area contributed by atoms with Gasteiger partial charge in [-0.3, -0.25) is 4.79 Å². The number of benzene rings is 2. The van der Waals surface area contributed by atoms with Gasteiger partial charge in [0, 0.05) is 29.3 Å². The highest BCUT2D eigenvalue weighted by Crippen LogP contribution is 2.45. The third-order valence-corrected chi connectivity index (χ3v) is 5.55. The predicted octanol–water partition coefficient (Wildman–Crippen LogP) is 3.95. The van der Waals surface area contributed by atoms with Gasteiger partial charge in [0.2, 0.25) is 0 Å². The van der Waals surface area contributed by atoms with Crippen molar-refractivity contribution in [1.82, 2.24) is 0 Å². The van der Waals surface area contributed by atoms with Crippen LogP contribution < -0.4 is 10.2 Å². The topological polar surface area (TPSA) is 120 Å². The molecule has 7 heteroatoms. The van der Waals surface area contributed by atoms with E-state index in [0.717, 1.165) is 17.2 Å². The fourth-order valence-corrected chi connectivity index (χ4v) is 3.97. The second-order valence-electron chi connectivity index (χ2n) is 8.99. The molecule has 4 rings (SSSR count). The molecule has 0 fully saturated rings. The van der Waals surface area contributed by atoms with Crippen LogP contribution >= 0.6 is 0 Å². The van der Waals surface area contributed by atoms with Crippen LogP contribution in [0.25, 0.3) is 22.3 Å². The molecule has 0 unspecified atom stereocenters. The minimum absolute atomic E-state index is 0.0251. The van der Waals surface area contributed by atoms with Gasteiger partial charge in [-0.15, -0.1) is 0 Å². The monoisotopic (exact) mass is 438 g/mol. The second kappa shape index (κ2) is 7.69. The van der Waals surface area contributed by atoms with E-state index in [0.29, 0.717) is 23.3 Å². The Balaban J connectivity index is 1.92. The van der Waals surface area contributed by atoms with Gasteiger partial charge in [-0.25, -0.2) is 0 Å². The van der Waals surface area contributed by atoms with Crippen molar-refractivity contribution in [3.05, 3.63) is 63.3 Å². The molecular formula is C25H26O7. The van der Waals surface area contributed by atoms with Crippen LogP contribution in [0.3, 0.4) is 0 Å². The smallest absolute Gasteiger partial charge is 0.197 e. The van der Waals surface area contributed by atoms with Gasteiger partial charge >= 0.3 is 0 Å². The number of hydrogen-bond donors (Lipinski definition) is 4. The molecule has 2 atom stereocenters. The highest BCUT2D eigenvalue weighted by atomic mass is 16.5. The summed E-state index contributed by atoms with van der Waals surface area (Å²) in [5, 5.41) is 41.1. The van der Waals surface area contributed by atoms with E-state index >= 15 is 0 Å². The molecule has 3 aromatic rings. The summed E-state index contributed by atoms with van der Waals surface area (Å²) in [6.07, 6.45) is 0.605. The van der Waals surface area contributed by atoms with Gasteiger partial charge in [0.1, 0.15) is 40.1 Å². The van der Waals surface area contributed by atoms with Crippen LogP contribution in [0.4, 0.5) is 0 Å². The molecule has 0 radical (unpaired) electrons. The quantitative estimate of drug-likeness (QED) is 0.455. The number of phenolic OH excluding ortho intramolecular Hbond substituents is 2. The number of rotatable bonds is 4. The molecule has 1 aromatic heterocycles. The third-order valence-electron chi connectivity index (χ3n) is 5.55. The molecule has 0 spiro atoms. The molecule has 0 saturated heterocycles. The molecule has 4 N–H and O–H groups in total. The minimum atomic E-state index is -1.28. The Bertz CT molecular complexity index is 1290. The summed E-state index contributed by atoms with van der Waals surface area (Å²) in [5.74, 6) is 0.123. The standard InChI is InChI=1S/C25H26O7/c1-12(2)5-6-13-7-14(8-16-22(29)24(25(3,4)30)32-23(13)16)19-11-18(28)21-17(27)9-15(26)10-20(21)31-19/h5,7-11,22,24,26-27,29-30H,6H2,1-4H3/t22-,24-/m1/s1. The Morgan fingerprint density at radius 1 is 1.12 bits per heavy atom. The third kappa shape index (κ3) is 3.85. The molecule has 0 saturated carbocycles. The number of phenols is 2. The predicted molar refractivity (Wildman–Crippen MR) is 120 cm³/mol. The summed E-state index contributed by atoms with van der Waals surface area (Å²) in [5.41, 5.74) is 1.20. The van der Waals surface area contributed by atoms with Gasteiger partial charge in [0.25, 0.3) is 0 Å². The maximum atomic E-state index is 12.7. The molecule has 32 heavy (non-hydrogen) atoms. The molecule has 1 aliphatic rings. The van der Waals surface area contributed by atoms with E-state index < -0.39 is 23.2 Å². The number of aliphatic hydroxyl groups is 2. The Hall–Kier alpha value is -3.29. The van der Waals surface area contributed by atoms with Gasteiger partial charge in [0.05, 0.1) is 5.60 Å². The van der Waals surface area contributed by atoms with Gasteiger partial charge in [-0.2, -0.15) is 0 Å². The average molecular weight is 438 g/mol. The second-order valence-corrected chi connectivity index (χ2v) is 8.99. The van der Waals surface area contributed by atoms with Crippen molar-refractivity contribution in [2.24, 2.45) is 0 Å². The average Bonchev–Trinajstić information content (AvgIpc) is 3.02. The number of ether oxygens (including phenoxy) is 1. The lowest BCUT2D eigenvalue weighted by Crippen LogP contribution is -2.41. The lowest BCUT2D eigenvalue weighted by Gasteiger charge is -2.27. The van der Waals surface area contributed by atoms with E-state index in [9.17, 15) is 25.2 Å². The van der Waals surface area contributed by atoms with E-state index in [-0.39, 0.29) is 28.2 Å². The Morgan fingerprint density at radius 3 is 2.50 bits per heavy atom. The van der Waals surface area contributed by atoms with Crippen molar-refractivity contribution >= 4 is 11.0 Å². The molecule has 2 aromatic carbocycles. The summed E-state index contributed by atoms with van der Waals surface area (Å²) in [7, 11) is 0. The van der Waals surface area contributed by atoms with Gasteiger partial charge in [-0.1, -0.05) is 11.6 Å². The first kappa shape index (κ1) is 21.9. The molecule has 7 nitrogen and oxygen atoms in total. The van der Waals surface area contributed by atoms with E-state index in [4.69, 9.17) is 9.15 Å². The lowest BCUT2D eigenvalue weighted by atomic mass is 9.92. The van der Waals surface area contributed by atoms with Crippen LogP contribution in [0.5, 0.6) is 17.2 Å². The molecule has 168 valence electrons. The largest absolute Gasteiger partial charge is 0.508 e. The maximum Gasteiger partial charge on any atom is 0.197 e. The van der Waals surface area contributed by atoms with E-state index in [1.54, 1.807) is 19.9 Å². The van der Waals surface area contributed by atoms with E-state index in [1.807, 2.05) is 26.0 Å². The fourth-order valence-electron chi connectivity index (χ4n) is 3.97. The number of aliphatic hydroxyl groups excluding tert-OH is 1. The zero-order valence-corrected chi connectivity index (χ0v) is 18.3. The van der Waals surface area contributed by atoms with Crippen LogP contribution in [-0.2, 0) is 6.42 Å². The Labute approximate surface area is 184 Å². The van der Waals surface area contributed by atoms with Crippen LogP contribution in [0.15, 0.2) is 51.2 Å². The molecule has 0 bridgehead atoms. The zero-order chi connectivity index (χ0) is 23.4. The zero-order valence-electron chi connectivity index (χ0n) is 18.3. The first-order valence-corrected chi connectivity index (χ1v) is 10.3. The summed E-state index contributed by atoms with van der Waals surface area (Å²) in [6.45, 7) is 7.09. The van der Waals surface area contributed by atoms with Crippen LogP contribution in [0.1, 0.15) is 44.9 Å². The SMILES string of the molecule is CC(C)=CCc1cc(-c2cc(=O)c3c(O)cc(O)cc3o2)cc2c1O[C@@H](C(C)(C)O)[C@@H]2O. The summed E-state index contributed by atoms with van der Waals surface area (Å²) in [6, 6.07) is 7.09. The highest BCUT2D eigenvalue weighted by Gasteiger charge is 2.43. The Kier molecular flexibility index (Phi) is 5.27. The highest BCUT2D eigenvalue weighted by molar-refractivity contribution is 5.86. The van der Waals surface area contributed by atoms with Crippen molar-refractivity contribution < 1.29 is 29.6 Å². The summed E-state index contributed by atoms with van der Waals surface area (Å²) in [4.78, 5) is 12.7. The normalized spacial score (nSPS) is 17.8. The molecule has 0 aliphatic carbocycles. The van der Waals surface area contributed by atoms with Crippen molar-refractivity contribution in [3.8, 4) is 28.6 Å². The number of aromatic hydroxyl groups is 2. The van der Waals surface area contributed by atoms with Crippen molar-refractivity contribution in [1.29, 1.82) is 0 Å². The van der Waals surface area contributed by atoms with E-state index in [2.05, 4.69) is 0 Å². The fraction of sp³-hybridized carbons (Fsp3) is 0.320. The van der Waals surface area contributed by atoms with Gasteiger partial charge in [0.15, 0.2) is 11.5 Å². The molecular weight excluding hydrogens is 412 g/mol. The summed E-state index contributed by atoms with van der Waals surface area (Å²) >= 11 is 0. The van der Waals surface area contributed by atoms with Crippen molar-refractivity contribution in [2.45, 2.75) is 51.9 Å². The lowest BCUT2D eigenvalue weighted by molar-refractivity contribution is -0.0764. The van der Waals surface area contributed by atoms with Crippen LogP contribution in [-0.4, -0.2) is 32.1 Å². The van der Waals surface area contributed by atoms with Crippen molar-refractivity contribution in [3.63, 3.8) is 0 Å². The van der Waals surface area contributed by atoms with Crippen molar-refractivity contribution in [2.75, 3.05) is 0 Å². The Morgan fingerprint density at radius 2 is 1.84 bits per heavy atom.